The molecular weight excluding hydrogens is 349 g/mol. The molecular formula is C18H15Cl2NO3. The summed E-state index contributed by atoms with van der Waals surface area (Å²) in [6.45, 7) is 0. The number of allylic oxidation sites excluding steroid dienone is 1. The number of carbonyl (C=O) groups excluding carboxylic acids is 1. The lowest BCUT2D eigenvalue weighted by atomic mass is 10.1. The van der Waals surface area contributed by atoms with Gasteiger partial charge in [-0.2, -0.15) is 0 Å². The van der Waals surface area contributed by atoms with Gasteiger partial charge < -0.3 is 10.4 Å². The number of halogens is 2. The molecule has 124 valence electrons. The Labute approximate surface area is 149 Å². The van der Waals surface area contributed by atoms with Crippen LogP contribution >= 0.6 is 23.2 Å². The zero-order valence-electron chi connectivity index (χ0n) is 12.6. The van der Waals surface area contributed by atoms with Crippen molar-refractivity contribution in [2.24, 2.45) is 0 Å². The molecule has 0 aromatic heterocycles. The maximum atomic E-state index is 12.0. The summed E-state index contributed by atoms with van der Waals surface area (Å²) in [6, 6.07) is 13.0. The molecule has 0 amide bonds. The van der Waals surface area contributed by atoms with Crippen LogP contribution in [0.3, 0.4) is 0 Å². The quantitative estimate of drug-likeness (QED) is 0.576. The Hall–Kier alpha value is -2.30. The van der Waals surface area contributed by atoms with Gasteiger partial charge in [0.15, 0.2) is 5.78 Å². The van der Waals surface area contributed by atoms with Crippen molar-refractivity contribution in [3.8, 4) is 0 Å². The molecule has 2 N–H and O–H groups in total. The number of aliphatic carboxylic acids is 1. The normalized spacial score (nSPS) is 12.1. The van der Waals surface area contributed by atoms with E-state index in [-0.39, 0.29) is 10.8 Å². The maximum absolute atomic E-state index is 12.0. The maximum Gasteiger partial charge on any atom is 0.326 e. The third-order valence-corrected chi connectivity index (χ3v) is 4.06. The molecule has 2 aromatic rings. The van der Waals surface area contributed by atoms with Crippen LogP contribution in [-0.4, -0.2) is 22.9 Å². The van der Waals surface area contributed by atoms with Crippen LogP contribution in [0.15, 0.2) is 60.8 Å². The zero-order valence-corrected chi connectivity index (χ0v) is 14.1. The standard InChI is InChI=1S/C18H15Cl2NO3/c19-14-7-6-13(11-15(14)20)17(22)8-9-21-16(18(23)24)10-12-4-2-1-3-5-12/h1-9,11,16,21H,10H2,(H,23,24)/b9-8-. The minimum Gasteiger partial charge on any atom is -0.480 e. The van der Waals surface area contributed by atoms with Crippen molar-refractivity contribution in [3.63, 3.8) is 0 Å². The predicted octanol–water partition coefficient (Wildman–Crippen LogP) is 3.98. The molecule has 0 bridgehead atoms. The fourth-order valence-corrected chi connectivity index (χ4v) is 2.35. The summed E-state index contributed by atoms with van der Waals surface area (Å²) in [5, 5.41) is 12.7. The summed E-state index contributed by atoms with van der Waals surface area (Å²) in [7, 11) is 0. The molecule has 1 unspecified atom stereocenters. The summed E-state index contributed by atoms with van der Waals surface area (Å²) >= 11 is 11.7. The van der Waals surface area contributed by atoms with Gasteiger partial charge >= 0.3 is 5.97 Å². The molecule has 0 spiro atoms. The summed E-state index contributed by atoms with van der Waals surface area (Å²) in [6.07, 6.45) is 2.91. The summed E-state index contributed by atoms with van der Waals surface area (Å²) in [5.41, 5.74) is 1.26. The van der Waals surface area contributed by atoms with Crippen molar-refractivity contribution < 1.29 is 14.7 Å². The van der Waals surface area contributed by atoms with Gasteiger partial charge in [-0.1, -0.05) is 53.5 Å². The Bertz CT molecular complexity index is 760. The van der Waals surface area contributed by atoms with Crippen LogP contribution in [0.1, 0.15) is 15.9 Å². The Balaban J connectivity index is 2.00. The molecule has 2 aromatic carbocycles. The Kier molecular flexibility index (Phi) is 6.41. The van der Waals surface area contributed by atoms with Gasteiger partial charge in [-0.05, 0) is 23.8 Å². The molecule has 0 radical (unpaired) electrons. The van der Waals surface area contributed by atoms with E-state index in [1.165, 1.54) is 24.4 Å². The molecule has 0 aliphatic heterocycles. The van der Waals surface area contributed by atoms with Crippen LogP contribution in [0.25, 0.3) is 0 Å². The third kappa shape index (κ3) is 5.11. The van der Waals surface area contributed by atoms with Crippen LogP contribution in [0, 0.1) is 0 Å². The van der Waals surface area contributed by atoms with Gasteiger partial charge in [0.05, 0.1) is 10.0 Å². The summed E-state index contributed by atoms with van der Waals surface area (Å²) in [5.74, 6) is -1.30. The van der Waals surface area contributed by atoms with E-state index in [4.69, 9.17) is 23.2 Å². The highest BCUT2D eigenvalue weighted by atomic mass is 35.5. The second kappa shape index (κ2) is 8.52. The van der Waals surface area contributed by atoms with Crippen molar-refractivity contribution in [2.75, 3.05) is 0 Å². The first-order valence-corrected chi connectivity index (χ1v) is 7.91. The van der Waals surface area contributed by atoms with Gasteiger partial charge in [0.25, 0.3) is 0 Å². The Morgan fingerprint density at radius 1 is 1.08 bits per heavy atom. The highest BCUT2D eigenvalue weighted by molar-refractivity contribution is 6.42. The lowest BCUT2D eigenvalue weighted by Gasteiger charge is -2.12. The smallest absolute Gasteiger partial charge is 0.326 e. The predicted molar refractivity (Wildman–Crippen MR) is 94.6 cm³/mol. The average Bonchev–Trinajstić information content (AvgIpc) is 2.57. The van der Waals surface area contributed by atoms with E-state index in [0.29, 0.717) is 17.0 Å². The highest BCUT2D eigenvalue weighted by Crippen LogP contribution is 2.22. The fraction of sp³-hybridized carbons (Fsp3) is 0.111. The number of benzene rings is 2. The van der Waals surface area contributed by atoms with Crippen LogP contribution in [0.2, 0.25) is 10.0 Å². The molecule has 0 aliphatic carbocycles. The van der Waals surface area contributed by atoms with Crippen molar-refractivity contribution in [1.29, 1.82) is 0 Å². The summed E-state index contributed by atoms with van der Waals surface area (Å²) < 4.78 is 0. The van der Waals surface area contributed by atoms with Gasteiger partial charge in [0, 0.05) is 24.3 Å². The van der Waals surface area contributed by atoms with Crippen molar-refractivity contribution in [1.82, 2.24) is 5.32 Å². The highest BCUT2D eigenvalue weighted by Gasteiger charge is 2.16. The van der Waals surface area contributed by atoms with Crippen LogP contribution in [-0.2, 0) is 11.2 Å². The molecule has 4 nitrogen and oxygen atoms in total. The van der Waals surface area contributed by atoms with Crippen molar-refractivity contribution in [3.05, 3.63) is 82.0 Å². The van der Waals surface area contributed by atoms with Crippen molar-refractivity contribution in [2.45, 2.75) is 12.5 Å². The lowest BCUT2D eigenvalue weighted by Crippen LogP contribution is -2.35. The lowest BCUT2D eigenvalue weighted by molar-refractivity contribution is -0.139. The monoisotopic (exact) mass is 363 g/mol. The van der Waals surface area contributed by atoms with E-state index in [2.05, 4.69) is 5.32 Å². The van der Waals surface area contributed by atoms with Gasteiger partial charge in [0.1, 0.15) is 6.04 Å². The van der Waals surface area contributed by atoms with E-state index in [9.17, 15) is 14.7 Å². The topological polar surface area (TPSA) is 66.4 Å². The van der Waals surface area contributed by atoms with Crippen molar-refractivity contribution >= 4 is 35.0 Å². The molecule has 0 fully saturated rings. The largest absolute Gasteiger partial charge is 0.480 e. The Morgan fingerprint density at radius 2 is 1.79 bits per heavy atom. The van der Waals surface area contributed by atoms with E-state index >= 15 is 0 Å². The molecule has 1 atom stereocenters. The molecule has 6 heteroatoms. The van der Waals surface area contributed by atoms with E-state index < -0.39 is 12.0 Å². The third-order valence-electron chi connectivity index (χ3n) is 3.32. The average molecular weight is 364 g/mol. The number of carboxylic acid groups (broad SMARTS) is 1. The number of nitrogens with one attached hydrogen (secondary N) is 1. The number of carbonyl (C=O) groups is 2. The van der Waals surface area contributed by atoms with Gasteiger partial charge in [-0.25, -0.2) is 4.79 Å². The van der Waals surface area contributed by atoms with Crippen LogP contribution in [0.4, 0.5) is 0 Å². The van der Waals surface area contributed by atoms with E-state index in [1.807, 2.05) is 30.3 Å². The Morgan fingerprint density at radius 3 is 2.42 bits per heavy atom. The van der Waals surface area contributed by atoms with E-state index in [0.717, 1.165) is 5.56 Å². The second-order valence-corrected chi connectivity index (χ2v) is 5.89. The minimum atomic E-state index is -0.995. The van der Waals surface area contributed by atoms with Crippen LogP contribution in [0.5, 0.6) is 0 Å². The summed E-state index contributed by atoms with van der Waals surface area (Å²) in [4.78, 5) is 23.4. The zero-order chi connectivity index (χ0) is 17.5. The molecule has 0 saturated carbocycles. The van der Waals surface area contributed by atoms with Gasteiger partial charge in [0.2, 0.25) is 0 Å². The SMILES string of the molecule is O=C(/C=C\NC(Cc1ccccc1)C(=O)O)c1ccc(Cl)c(Cl)c1. The van der Waals surface area contributed by atoms with Crippen LogP contribution < -0.4 is 5.32 Å². The first-order chi connectivity index (χ1) is 11.5. The number of ketones is 1. The van der Waals surface area contributed by atoms with Gasteiger partial charge in [-0.15, -0.1) is 0 Å². The first kappa shape index (κ1) is 18.0. The number of hydrogen-bond acceptors (Lipinski definition) is 3. The fourth-order valence-electron chi connectivity index (χ4n) is 2.05. The molecule has 24 heavy (non-hydrogen) atoms. The second-order valence-electron chi connectivity index (χ2n) is 5.07. The number of rotatable bonds is 7. The van der Waals surface area contributed by atoms with Gasteiger partial charge in [-0.3, -0.25) is 4.79 Å². The number of hydrogen-bond donors (Lipinski definition) is 2. The number of carboxylic acids is 1. The van der Waals surface area contributed by atoms with E-state index in [1.54, 1.807) is 6.07 Å². The minimum absolute atomic E-state index is 0.288. The first-order valence-electron chi connectivity index (χ1n) is 7.16. The molecule has 0 heterocycles. The molecule has 0 aliphatic rings. The molecule has 0 saturated heterocycles. The molecule has 2 rings (SSSR count).